The minimum atomic E-state index is -0.900. The van der Waals surface area contributed by atoms with Crippen LogP contribution < -0.4 is 4.90 Å². The minimum absolute atomic E-state index is 0.306. The first-order valence-electron chi connectivity index (χ1n) is 6.06. The van der Waals surface area contributed by atoms with Crippen LogP contribution in [0.15, 0.2) is 18.3 Å². The van der Waals surface area contributed by atoms with Crippen LogP contribution in [0.4, 0.5) is 5.82 Å². The molecule has 1 aliphatic rings. The van der Waals surface area contributed by atoms with Gasteiger partial charge in [0.05, 0.1) is 0 Å². The van der Waals surface area contributed by atoms with Gasteiger partial charge in [0.25, 0.3) is 0 Å². The molecule has 92 valence electrons. The van der Waals surface area contributed by atoms with E-state index in [-0.39, 0.29) is 0 Å². The average molecular weight is 234 g/mol. The molecule has 0 aromatic carbocycles. The number of nitrogens with zero attached hydrogens (tertiary/aromatic N) is 2. The molecule has 1 aromatic heterocycles. The second kappa shape index (κ2) is 4.73. The van der Waals surface area contributed by atoms with Crippen molar-refractivity contribution in [3.05, 3.63) is 23.9 Å². The highest BCUT2D eigenvalue weighted by Gasteiger charge is 2.30. The highest BCUT2D eigenvalue weighted by Crippen LogP contribution is 2.30. The number of rotatable bonds is 3. The Hall–Kier alpha value is -1.58. The van der Waals surface area contributed by atoms with Crippen molar-refractivity contribution in [2.24, 2.45) is 5.92 Å². The van der Waals surface area contributed by atoms with E-state index in [2.05, 4.69) is 23.7 Å². The second-order valence-corrected chi connectivity index (χ2v) is 4.83. The molecule has 2 heterocycles. The first-order chi connectivity index (χ1) is 8.11. The monoisotopic (exact) mass is 234 g/mol. The topological polar surface area (TPSA) is 53.4 Å². The summed E-state index contributed by atoms with van der Waals surface area (Å²) in [4.78, 5) is 17.6. The van der Waals surface area contributed by atoms with E-state index in [0.717, 1.165) is 19.4 Å². The van der Waals surface area contributed by atoms with Crippen molar-refractivity contribution in [1.82, 2.24) is 4.98 Å². The zero-order valence-electron chi connectivity index (χ0n) is 10.3. The Balaban J connectivity index is 2.36. The van der Waals surface area contributed by atoms with Gasteiger partial charge in [-0.15, -0.1) is 0 Å². The number of anilines is 1. The van der Waals surface area contributed by atoms with Gasteiger partial charge < -0.3 is 10.0 Å². The summed E-state index contributed by atoms with van der Waals surface area (Å²) < 4.78 is 0. The van der Waals surface area contributed by atoms with Gasteiger partial charge in [0.15, 0.2) is 0 Å². The normalized spacial score (nSPS) is 19.9. The molecule has 17 heavy (non-hydrogen) atoms. The lowest BCUT2D eigenvalue weighted by molar-refractivity contribution is 0.0697. The van der Waals surface area contributed by atoms with E-state index in [1.807, 2.05) is 0 Å². The van der Waals surface area contributed by atoms with Crippen LogP contribution in [0.1, 0.15) is 37.0 Å². The molecule has 4 nitrogen and oxygen atoms in total. The zero-order chi connectivity index (χ0) is 12.4. The van der Waals surface area contributed by atoms with Crippen molar-refractivity contribution >= 4 is 11.8 Å². The molecule has 1 N–H and O–H groups in total. The summed E-state index contributed by atoms with van der Waals surface area (Å²) >= 11 is 0. The van der Waals surface area contributed by atoms with E-state index in [1.165, 1.54) is 0 Å². The van der Waals surface area contributed by atoms with Gasteiger partial charge >= 0.3 is 5.97 Å². The molecular formula is C13H18N2O2. The van der Waals surface area contributed by atoms with Crippen molar-refractivity contribution in [2.45, 2.75) is 32.7 Å². The molecule has 1 unspecified atom stereocenters. The van der Waals surface area contributed by atoms with Crippen LogP contribution in [0.5, 0.6) is 0 Å². The second-order valence-electron chi connectivity index (χ2n) is 4.83. The summed E-state index contributed by atoms with van der Waals surface area (Å²) in [7, 11) is 0. The maximum absolute atomic E-state index is 11.2. The Morgan fingerprint density at radius 1 is 1.59 bits per heavy atom. The number of carboxylic acids is 1. The SMILES string of the molecule is CC(C)C1CCCN1c1ncccc1C(=O)O. The molecule has 2 rings (SSSR count). The zero-order valence-corrected chi connectivity index (χ0v) is 10.3. The third-order valence-corrected chi connectivity index (χ3v) is 3.36. The molecule has 1 aliphatic heterocycles. The molecule has 0 amide bonds. The van der Waals surface area contributed by atoms with Gasteiger partial charge in [-0.3, -0.25) is 0 Å². The largest absolute Gasteiger partial charge is 0.478 e. The van der Waals surface area contributed by atoms with Gasteiger partial charge in [0.1, 0.15) is 11.4 Å². The third-order valence-electron chi connectivity index (χ3n) is 3.36. The average Bonchev–Trinajstić information content (AvgIpc) is 2.77. The molecule has 4 heteroatoms. The van der Waals surface area contributed by atoms with Crippen molar-refractivity contribution in [2.75, 3.05) is 11.4 Å². The van der Waals surface area contributed by atoms with Gasteiger partial charge in [0, 0.05) is 18.8 Å². The Morgan fingerprint density at radius 2 is 2.35 bits per heavy atom. The molecule has 1 atom stereocenters. The van der Waals surface area contributed by atoms with Crippen LogP contribution >= 0.6 is 0 Å². The smallest absolute Gasteiger partial charge is 0.339 e. The summed E-state index contributed by atoms with van der Waals surface area (Å²) in [5.74, 6) is 0.236. The predicted octanol–water partition coefficient (Wildman–Crippen LogP) is 2.40. The summed E-state index contributed by atoms with van der Waals surface area (Å²) in [5.41, 5.74) is 0.306. The van der Waals surface area contributed by atoms with Crippen molar-refractivity contribution in [1.29, 1.82) is 0 Å². The summed E-state index contributed by atoms with van der Waals surface area (Å²) in [6.45, 7) is 5.25. The van der Waals surface area contributed by atoms with E-state index in [1.54, 1.807) is 18.3 Å². The Kier molecular flexibility index (Phi) is 3.31. The third kappa shape index (κ3) is 2.25. The van der Waals surface area contributed by atoms with Crippen molar-refractivity contribution in [3.63, 3.8) is 0 Å². The predicted molar refractivity (Wildman–Crippen MR) is 66.4 cm³/mol. The molecule has 0 saturated carbocycles. The van der Waals surface area contributed by atoms with Crippen LogP contribution in [0.3, 0.4) is 0 Å². The molecular weight excluding hydrogens is 216 g/mol. The summed E-state index contributed by atoms with van der Waals surface area (Å²) in [5, 5.41) is 9.18. The lowest BCUT2D eigenvalue weighted by Gasteiger charge is -2.29. The lowest BCUT2D eigenvalue weighted by atomic mass is 10.0. The van der Waals surface area contributed by atoms with Gasteiger partial charge in [-0.25, -0.2) is 9.78 Å². The van der Waals surface area contributed by atoms with Crippen LogP contribution in [0.25, 0.3) is 0 Å². The number of carbonyl (C=O) groups is 1. The Morgan fingerprint density at radius 3 is 3.00 bits per heavy atom. The van der Waals surface area contributed by atoms with Crippen LogP contribution in [0.2, 0.25) is 0 Å². The number of carboxylic acid groups (broad SMARTS) is 1. The number of hydrogen-bond acceptors (Lipinski definition) is 3. The van der Waals surface area contributed by atoms with Crippen LogP contribution in [-0.2, 0) is 0 Å². The number of aromatic carboxylic acids is 1. The molecule has 0 bridgehead atoms. The van der Waals surface area contributed by atoms with Crippen molar-refractivity contribution < 1.29 is 9.90 Å². The molecule has 1 saturated heterocycles. The highest BCUT2D eigenvalue weighted by atomic mass is 16.4. The molecule has 0 aliphatic carbocycles. The number of hydrogen-bond donors (Lipinski definition) is 1. The first-order valence-corrected chi connectivity index (χ1v) is 6.06. The van der Waals surface area contributed by atoms with Gasteiger partial charge in [-0.2, -0.15) is 0 Å². The maximum atomic E-state index is 11.2. The lowest BCUT2D eigenvalue weighted by Crippen LogP contribution is -2.35. The Bertz CT molecular complexity index is 418. The molecule has 0 radical (unpaired) electrons. The van der Waals surface area contributed by atoms with E-state index in [9.17, 15) is 9.90 Å². The first kappa shape index (κ1) is 11.9. The van der Waals surface area contributed by atoms with E-state index in [0.29, 0.717) is 23.3 Å². The van der Waals surface area contributed by atoms with Gasteiger partial charge in [-0.1, -0.05) is 13.8 Å². The summed E-state index contributed by atoms with van der Waals surface area (Å²) in [6.07, 6.45) is 3.89. The van der Waals surface area contributed by atoms with Crippen LogP contribution in [-0.4, -0.2) is 28.6 Å². The standard InChI is InChI=1S/C13H18N2O2/c1-9(2)11-6-4-8-15(11)12-10(13(16)17)5-3-7-14-12/h3,5,7,9,11H,4,6,8H2,1-2H3,(H,16,17). The van der Waals surface area contributed by atoms with E-state index >= 15 is 0 Å². The molecule has 0 spiro atoms. The van der Waals surface area contributed by atoms with E-state index in [4.69, 9.17) is 0 Å². The Labute approximate surface area is 101 Å². The number of aromatic nitrogens is 1. The van der Waals surface area contributed by atoms with Crippen molar-refractivity contribution in [3.8, 4) is 0 Å². The fourth-order valence-corrected chi connectivity index (χ4v) is 2.54. The quantitative estimate of drug-likeness (QED) is 0.872. The molecule has 1 fully saturated rings. The maximum Gasteiger partial charge on any atom is 0.339 e. The van der Waals surface area contributed by atoms with Gasteiger partial charge in [-0.05, 0) is 30.9 Å². The number of pyridine rings is 1. The van der Waals surface area contributed by atoms with Crippen LogP contribution in [0, 0.1) is 5.92 Å². The van der Waals surface area contributed by atoms with E-state index < -0.39 is 5.97 Å². The highest BCUT2D eigenvalue weighted by molar-refractivity contribution is 5.93. The fourth-order valence-electron chi connectivity index (χ4n) is 2.54. The van der Waals surface area contributed by atoms with Gasteiger partial charge in [0.2, 0.25) is 0 Å². The molecule has 1 aromatic rings. The minimum Gasteiger partial charge on any atom is -0.478 e. The fraction of sp³-hybridized carbons (Fsp3) is 0.538. The summed E-state index contributed by atoms with van der Waals surface area (Å²) in [6, 6.07) is 3.70.